The summed E-state index contributed by atoms with van der Waals surface area (Å²) in [4.78, 5) is 49.6. The average molecular weight is 620 g/mol. The highest BCUT2D eigenvalue weighted by Gasteiger charge is 2.18. The number of carbonyl (C=O) groups is 4. The molecule has 0 fully saturated rings. The van der Waals surface area contributed by atoms with Gasteiger partial charge in [-0.15, -0.1) is 0 Å². The van der Waals surface area contributed by atoms with Gasteiger partial charge in [-0.3, -0.25) is 14.4 Å². The van der Waals surface area contributed by atoms with E-state index in [2.05, 4.69) is 37.1 Å². The molecule has 40 heavy (non-hydrogen) atoms. The predicted octanol–water partition coefficient (Wildman–Crippen LogP) is 5.66. The summed E-state index contributed by atoms with van der Waals surface area (Å²) < 4.78 is 6.17. The zero-order chi connectivity index (χ0) is 28.5. The second kappa shape index (κ2) is 13.3. The summed E-state index contributed by atoms with van der Waals surface area (Å²) in [6.07, 6.45) is 1.32. The molecule has 4 rings (SSSR count). The van der Waals surface area contributed by atoms with E-state index in [1.807, 2.05) is 0 Å². The molecule has 0 radical (unpaired) electrons. The maximum atomic E-state index is 12.7. The molecule has 3 N–H and O–H groups in total. The van der Waals surface area contributed by atoms with Gasteiger partial charge in [0.15, 0.2) is 0 Å². The van der Waals surface area contributed by atoms with Gasteiger partial charge < -0.3 is 15.4 Å². The van der Waals surface area contributed by atoms with Crippen molar-refractivity contribution in [2.75, 3.05) is 10.6 Å². The molecule has 0 saturated heterocycles. The highest BCUT2D eigenvalue weighted by molar-refractivity contribution is 9.10. The van der Waals surface area contributed by atoms with Crippen molar-refractivity contribution in [2.24, 2.45) is 5.10 Å². The van der Waals surface area contributed by atoms with Crippen LogP contribution >= 0.6 is 27.5 Å². The third-order valence-electron chi connectivity index (χ3n) is 5.28. The summed E-state index contributed by atoms with van der Waals surface area (Å²) in [6, 6.07) is 25.9. The van der Waals surface area contributed by atoms with Gasteiger partial charge in [0, 0.05) is 15.2 Å². The van der Waals surface area contributed by atoms with Crippen molar-refractivity contribution in [2.45, 2.75) is 0 Å². The van der Waals surface area contributed by atoms with Gasteiger partial charge in [0.2, 0.25) is 0 Å². The number of carbonyl (C=O) groups excluding carboxylic acids is 4. The molecule has 0 aliphatic heterocycles. The van der Waals surface area contributed by atoms with Gasteiger partial charge in [0.05, 0.1) is 23.0 Å². The van der Waals surface area contributed by atoms with Crippen LogP contribution in [0.25, 0.3) is 0 Å². The van der Waals surface area contributed by atoms with Crippen LogP contribution in [0.2, 0.25) is 5.02 Å². The standard InChI is InChI=1S/C29H20BrClN4O5/c30-20-9-13-22(14-10-20)33-26(36)24-3-1-2-4-25(24)34-27(37)28(38)35-32-17-18-5-15-23(16-6-18)40-29(39)19-7-11-21(31)12-8-19/h1-17H,(H,33,36)(H,34,37)(H,35,38). The van der Waals surface area contributed by atoms with Crippen LogP contribution in [0.4, 0.5) is 11.4 Å². The molecule has 4 aromatic carbocycles. The van der Waals surface area contributed by atoms with Gasteiger partial charge >= 0.3 is 17.8 Å². The summed E-state index contributed by atoms with van der Waals surface area (Å²) in [7, 11) is 0. The molecule has 0 bridgehead atoms. The van der Waals surface area contributed by atoms with Crippen LogP contribution in [0, 0.1) is 0 Å². The third-order valence-corrected chi connectivity index (χ3v) is 6.06. The minimum absolute atomic E-state index is 0.157. The van der Waals surface area contributed by atoms with Gasteiger partial charge in [-0.1, -0.05) is 39.7 Å². The number of benzene rings is 4. The van der Waals surface area contributed by atoms with E-state index in [1.54, 1.807) is 84.9 Å². The van der Waals surface area contributed by atoms with Gasteiger partial charge in [-0.05, 0) is 90.5 Å². The van der Waals surface area contributed by atoms with E-state index in [-0.39, 0.29) is 11.3 Å². The summed E-state index contributed by atoms with van der Waals surface area (Å²) in [6.45, 7) is 0. The van der Waals surface area contributed by atoms with Crippen molar-refractivity contribution >= 4 is 68.8 Å². The Labute approximate surface area is 242 Å². The maximum absolute atomic E-state index is 12.7. The molecule has 9 nitrogen and oxygen atoms in total. The van der Waals surface area contributed by atoms with E-state index in [9.17, 15) is 19.2 Å². The molecule has 200 valence electrons. The minimum Gasteiger partial charge on any atom is -0.423 e. The molecular weight excluding hydrogens is 600 g/mol. The van der Waals surface area contributed by atoms with Crippen LogP contribution < -0.4 is 20.8 Å². The van der Waals surface area contributed by atoms with E-state index < -0.39 is 23.7 Å². The Kier molecular flexibility index (Phi) is 9.39. The Morgan fingerprint density at radius 3 is 2.15 bits per heavy atom. The fraction of sp³-hybridized carbons (Fsp3) is 0. The van der Waals surface area contributed by atoms with Crippen LogP contribution in [0.5, 0.6) is 5.75 Å². The molecular formula is C29H20BrClN4O5. The molecule has 0 atom stereocenters. The molecule has 0 aliphatic carbocycles. The molecule has 0 spiro atoms. The fourth-order valence-electron chi connectivity index (χ4n) is 3.29. The van der Waals surface area contributed by atoms with Crippen LogP contribution in [0.3, 0.4) is 0 Å². The lowest BCUT2D eigenvalue weighted by Crippen LogP contribution is -2.33. The molecule has 3 amide bonds. The summed E-state index contributed by atoms with van der Waals surface area (Å²) in [5.74, 6) is -2.73. The normalized spacial score (nSPS) is 10.6. The first kappa shape index (κ1) is 28.2. The molecule has 0 saturated carbocycles. The fourth-order valence-corrected chi connectivity index (χ4v) is 3.68. The van der Waals surface area contributed by atoms with Crippen molar-refractivity contribution < 1.29 is 23.9 Å². The third kappa shape index (κ3) is 7.85. The van der Waals surface area contributed by atoms with Crippen molar-refractivity contribution in [3.8, 4) is 5.75 Å². The van der Waals surface area contributed by atoms with E-state index >= 15 is 0 Å². The van der Waals surface area contributed by atoms with Crippen LogP contribution in [-0.2, 0) is 9.59 Å². The number of anilines is 2. The first-order valence-electron chi connectivity index (χ1n) is 11.7. The lowest BCUT2D eigenvalue weighted by molar-refractivity contribution is -0.136. The zero-order valence-electron chi connectivity index (χ0n) is 20.6. The summed E-state index contributed by atoms with van der Waals surface area (Å²) in [5, 5.41) is 9.46. The van der Waals surface area contributed by atoms with Gasteiger partial charge in [0.1, 0.15) is 5.75 Å². The van der Waals surface area contributed by atoms with Gasteiger partial charge in [0.25, 0.3) is 5.91 Å². The molecule has 0 heterocycles. The number of para-hydroxylation sites is 1. The lowest BCUT2D eigenvalue weighted by Gasteiger charge is -2.11. The number of hydrazone groups is 1. The lowest BCUT2D eigenvalue weighted by atomic mass is 10.1. The van der Waals surface area contributed by atoms with Crippen LogP contribution in [-0.4, -0.2) is 29.9 Å². The van der Waals surface area contributed by atoms with Crippen molar-refractivity contribution in [3.63, 3.8) is 0 Å². The van der Waals surface area contributed by atoms with Gasteiger partial charge in [-0.2, -0.15) is 5.10 Å². The molecule has 11 heteroatoms. The number of hydrogen-bond donors (Lipinski definition) is 3. The molecule has 0 aromatic heterocycles. The number of nitrogens with one attached hydrogen (secondary N) is 3. The van der Waals surface area contributed by atoms with E-state index in [1.165, 1.54) is 18.3 Å². The number of rotatable bonds is 7. The number of hydrogen-bond acceptors (Lipinski definition) is 6. The van der Waals surface area contributed by atoms with Crippen molar-refractivity contribution in [3.05, 3.63) is 123 Å². The smallest absolute Gasteiger partial charge is 0.343 e. The topological polar surface area (TPSA) is 126 Å². The molecule has 0 aliphatic rings. The largest absolute Gasteiger partial charge is 0.423 e. The predicted molar refractivity (Wildman–Crippen MR) is 156 cm³/mol. The van der Waals surface area contributed by atoms with Crippen molar-refractivity contribution in [1.29, 1.82) is 0 Å². The zero-order valence-corrected chi connectivity index (χ0v) is 22.9. The van der Waals surface area contributed by atoms with E-state index in [0.717, 1.165) is 4.47 Å². The second-order valence-electron chi connectivity index (χ2n) is 8.13. The molecule has 0 unspecified atom stereocenters. The second-order valence-corrected chi connectivity index (χ2v) is 9.48. The Hall–Kier alpha value is -4.80. The Morgan fingerprint density at radius 2 is 1.45 bits per heavy atom. The van der Waals surface area contributed by atoms with E-state index in [0.29, 0.717) is 27.6 Å². The molecule has 4 aromatic rings. The highest BCUT2D eigenvalue weighted by Crippen LogP contribution is 2.19. The Balaban J connectivity index is 1.30. The summed E-state index contributed by atoms with van der Waals surface area (Å²) >= 11 is 9.16. The average Bonchev–Trinajstić information content (AvgIpc) is 2.95. The first-order valence-corrected chi connectivity index (χ1v) is 12.8. The SMILES string of the molecule is O=C(NN=Cc1ccc(OC(=O)c2ccc(Cl)cc2)cc1)C(=O)Nc1ccccc1C(=O)Nc1ccc(Br)cc1. The number of halogens is 2. The highest BCUT2D eigenvalue weighted by atomic mass is 79.9. The number of ether oxygens (including phenoxy) is 1. The monoisotopic (exact) mass is 618 g/mol. The Bertz CT molecular complexity index is 1570. The number of amides is 3. The number of nitrogens with zero attached hydrogens (tertiary/aromatic N) is 1. The minimum atomic E-state index is -1.03. The number of esters is 1. The quantitative estimate of drug-likeness (QED) is 0.0809. The first-order chi connectivity index (χ1) is 19.3. The van der Waals surface area contributed by atoms with Crippen LogP contribution in [0.1, 0.15) is 26.3 Å². The Morgan fingerprint density at radius 1 is 0.775 bits per heavy atom. The van der Waals surface area contributed by atoms with Crippen LogP contribution in [0.15, 0.2) is 107 Å². The van der Waals surface area contributed by atoms with E-state index in [4.69, 9.17) is 16.3 Å². The maximum Gasteiger partial charge on any atom is 0.343 e. The summed E-state index contributed by atoms with van der Waals surface area (Å²) in [5.41, 5.74) is 3.95. The van der Waals surface area contributed by atoms with Crippen molar-refractivity contribution in [1.82, 2.24) is 5.43 Å². The van der Waals surface area contributed by atoms with Gasteiger partial charge in [-0.25, -0.2) is 10.2 Å².